The lowest BCUT2D eigenvalue weighted by Crippen LogP contribution is -2.42. The van der Waals surface area contributed by atoms with Crippen LogP contribution in [0.2, 0.25) is 0 Å². The summed E-state index contributed by atoms with van der Waals surface area (Å²) in [5, 5.41) is 0. The lowest BCUT2D eigenvalue weighted by atomic mass is 10.0. The van der Waals surface area contributed by atoms with E-state index in [-0.39, 0.29) is 6.04 Å². The number of ether oxygens (including phenoxy) is 1. The second-order valence-electron chi connectivity index (χ2n) is 4.65. The Bertz CT molecular complexity index is 427. The van der Waals surface area contributed by atoms with Crippen molar-refractivity contribution >= 4 is 5.96 Å². The highest BCUT2D eigenvalue weighted by Gasteiger charge is 2.30. The van der Waals surface area contributed by atoms with Gasteiger partial charge in [0.15, 0.2) is 5.96 Å². The van der Waals surface area contributed by atoms with Crippen LogP contribution < -0.4 is 10.5 Å². The Morgan fingerprint density at radius 2 is 2.11 bits per heavy atom. The van der Waals surface area contributed by atoms with Crippen molar-refractivity contribution in [3.05, 3.63) is 29.8 Å². The molecule has 1 aromatic rings. The zero-order chi connectivity index (χ0) is 13.1. The SMILES string of the molecule is CCC(C)N1C(N)=NCC1c1ccc(OC)cc1. The maximum atomic E-state index is 5.99. The molecule has 2 N–H and O–H groups in total. The van der Waals surface area contributed by atoms with Crippen molar-refractivity contribution in [3.63, 3.8) is 0 Å². The standard InChI is InChI=1S/C14H21N3O/c1-4-10(2)17-13(9-16-14(17)15)11-5-7-12(18-3)8-6-11/h5-8,10,13H,4,9H2,1-3H3,(H2,15,16). The average molecular weight is 247 g/mol. The molecule has 4 heteroatoms. The Kier molecular flexibility index (Phi) is 3.75. The lowest BCUT2D eigenvalue weighted by Gasteiger charge is -2.32. The molecule has 0 aromatic heterocycles. The quantitative estimate of drug-likeness (QED) is 0.887. The fourth-order valence-corrected chi connectivity index (χ4v) is 2.33. The smallest absolute Gasteiger partial charge is 0.192 e. The largest absolute Gasteiger partial charge is 0.497 e. The Labute approximate surface area is 108 Å². The number of rotatable bonds is 4. The number of aliphatic imine (C=N–C) groups is 1. The van der Waals surface area contributed by atoms with Gasteiger partial charge in [0.1, 0.15) is 5.75 Å². The van der Waals surface area contributed by atoms with E-state index >= 15 is 0 Å². The van der Waals surface area contributed by atoms with Gasteiger partial charge in [-0.25, -0.2) is 0 Å². The molecular formula is C14H21N3O. The van der Waals surface area contributed by atoms with Crippen molar-refractivity contribution in [1.82, 2.24) is 4.90 Å². The van der Waals surface area contributed by atoms with Crippen molar-refractivity contribution in [2.45, 2.75) is 32.4 Å². The molecule has 1 heterocycles. The molecule has 4 nitrogen and oxygen atoms in total. The van der Waals surface area contributed by atoms with Gasteiger partial charge in [-0.1, -0.05) is 19.1 Å². The van der Waals surface area contributed by atoms with Crippen molar-refractivity contribution in [2.75, 3.05) is 13.7 Å². The summed E-state index contributed by atoms with van der Waals surface area (Å²) in [4.78, 5) is 6.59. The average Bonchev–Trinajstić information content (AvgIpc) is 2.80. The minimum absolute atomic E-state index is 0.255. The van der Waals surface area contributed by atoms with E-state index in [0.717, 1.165) is 18.7 Å². The number of nitrogens with zero attached hydrogens (tertiary/aromatic N) is 2. The monoisotopic (exact) mass is 247 g/mol. The van der Waals surface area contributed by atoms with E-state index in [1.165, 1.54) is 5.56 Å². The van der Waals surface area contributed by atoms with E-state index in [0.29, 0.717) is 12.0 Å². The first-order valence-electron chi connectivity index (χ1n) is 6.39. The minimum Gasteiger partial charge on any atom is -0.497 e. The van der Waals surface area contributed by atoms with Gasteiger partial charge in [0, 0.05) is 6.04 Å². The highest BCUT2D eigenvalue weighted by atomic mass is 16.5. The summed E-state index contributed by atoms with van der Waals surface area (Å²) < 4.78 is 5.18. The van der Waals surface area contributed by atoms with Gasteiger partial charge in [0.25, 0.3) is 0 Å². The zero-order valence-electron chi connectivity index (χ0n) is 11.3. The second-order valence-corrected chi connectivity index (χ2v) is 4.65. The van der Waals surface area contributed by atoms with Crippen LogP contribution in [-0.4, -0.2) is 30.6 Å². The number of benzene rings is 1. The number of methoxy groups -OCH3 is 1. The third kappa shape index (κ3) is 2.28. The topological polar surface area (TPSA) is 50.8 Å². The maximum absolute atomic E-state index is 5.99. The number of hydrogen-bond donors (Lipinski definition) is 1. The molecule has 1 aliphatic rings. The molecule has 0 bridgehead atoms. The lowest BCUT2D eigenvalue weighted by molar-refractivity contribution is 0.268. The summed E-state index contributed by atoms with van der Waals surface area (Å²) in [6.45, 7) is 5.09. The molecule has 1 aromatic carbocycles. The summed E-state index contributed by atoms with van der Waals surface area (Å²) >= 11 is 0. The molecular weight excluding hydrogens is 226 g/mol. The third-order valence-corrected chi connectivity index (χ3v) is 3.59. The van der Waals surface area contributed by atoms with E-state index in [2.05, 4.69) is 35.9 Å². The minimum atomic E-state index is 0.255. The maximum Gasteiger partial charge on any atom is 0.192 e. The van der Waals surface area contributed by atoms with E-state index in [4.69, 9.17) is 10.5 Å². The van der Waals surface area contributed by atoms with Crippen LogP contribution in [0.25, 0.3) is 0 Å². The summed E-state index contributed by atoms with van der Waals surface area (Å²) in [6, 6.07) is 8.81. The summed E-state index contributed by atoms with van der Waals surface area (Å²) in [6.07, 6.45) is 1.06. The fraction of sp³-hybridized carbons (Fsp3) is 0.500. The van der Waals surface area contributed by atoms with Crippen molar-refractivity contribution < 1.29 is 4.74 Å². The third-order valence-electron chi connectivity index (χ3n) is 3.59. The predicted octanol–water partition coefficient (Wildman–Crippen LogP) is 2.17. The molecule has 2 rings (SSSR count). The Morgan fingerprint density at radius 1 is 1.44 bits per heavy atom. The zero-order valence-corrected chi connectivity index (χ0v) is 11.3. The van der Waals surface area contributed by atoms with Crippen LogP contribution >= 0.6 is 0 Å². The van der Waals surface area contributed by atoms with Gasteiger partial charge in [-0.15, -0.1) is 0 Å². The van der Waals surface area contributed by atoms with Gasteiger partial charge in [-0.3, -0.25) is 4.99 Å². The molecule has 0 spiro atoms. The Hall–Kier alpha value is -1.71. The van der Waals surface area contributed by atoms with Crippen LogP contribution in [0.5, 0.6) is 5.75 Å². The van der Waals surface area contributed by atoms with E-state index < -0.39 is 0 Å². The molecule has 98 valence electrons. The number of hydrogen-bond acceptors (Lipinski definition) is 4. The summed E-state index contributed by atoms with van der Waals surface area (Å²) in [5.74, 6) is 1.53. The van der Waals surface area contributed by atoms with E-state index in [1.807, 2.05) is 12.1 Å². The first-order chi connectivity index (χ1) is 8.67. The molecule has 0 saturated carbocycles. The second kappa shape index (κ2) is 5.29. The highest BCUT2D eigenvalue weighted by molar-refractivity contribution is 5.80. The van der Waals surface area contributed by atoms with Crippen molar-refractivity contribution in [2.24, 2.45) is 10.7 Å². The first-order valence-corrected chi connectivity index (χ1v) is 6.39. The highest BCUT2D eigenvalue weighted by Crippen LogP contribution is 2.29. The summed E-state index contributed by atoms with van der Waals surface area (Å²) in [5.41, 5.74) is 7.23. The van der Waals surface area contributed by atoms with E-state index in [9.17, 15) is 0 Å². The molecule has 0 amide bonds. The van der Waals surface area contributed by atoms with Gasteiger partial charge in [-0.2, -0.15) is 0 Å². The molecule has 2 atom stereocenters. The van der Waals surface area contributed by atoms with Crippen LogP contribution in [0.4, 0.5) is 0 Å². The molecule has 18 heavy (non-hydrogen) atoms. The van der Waals surface area contributed by atoms with Gasteiger partial charge >= 0.3 is 0 Å². The van der Waals surface area contributed by atoms with Crippen LogP contribution in [0, 0.1) is 0 Å². The summed E-state index contributed by atoms with van der Waals surface area (Å²) in [7, 11) is 1.68. The normalized spacial score (nSPS) is 20.7. The van der Waals surface area contributed by atoms with Crippen LogP contribution in [0.1, 0.15) is 31.9 Å². The van der Waals surface area contributed by atoms with Gasteiger partial charge < -0.3 is 15.4 Å². The van der Waals surface area contributed by atoms with Gasteiger partial charge in [-0.05, 0) is 31.0 Å². The van der Waals surface area contributed by atoms with Crippen LogP contribution in [-0.2, 0) is 0 Å². The van der Waals surface area contributed by atoms with Crippen LogP contribution in [0.15, 0.2) is 29.3 Å². The van der Waals surface area contributed by atoms with Gasteiger partial charge in [0.05, 0.1) is 19.7 Å². The Balaban J connectivity index is 2.21. The van der Waals surface area contributed by atoms with Crippen molar-refractivity contribution in [3.8, 4) is 5.75 Å². The molecule has 2 unspecified atom stereocenters. The van der Waals surface area contributed by atoms with Crippen molar-refractivity contribution in [1.29, 1.82) is 0 Å². The predicted molar refractivity (Wildman–Crippen MR) is 73.8 cm³/mol. The molecule has 1 aliphatic heterocycles. The fourth-order valence-electron chi connectivity index (χ4n) is 2.33. The molecule has 0 fully saturated rings. The number of nitrogens with two attached hydrogens (primary N) is 1. The first kappa shape index (κ1) is 12.7. The molecule has 0 saturated heterocycles. The number of guanidine groups is 1. The van der Waals surface area contributed by atoms with Gasteiger partial charge in [0.2, 0.25) is 0 Å². The Morgan fingerprint density at radius 3 is 2.67 bits per heavy atom. The molecule has 0 radical (unpaired) electrons. The van der Waals surface area contributed by atoms with E-state index in [1.54, 1.807) is 7.11 Å². The van der Waals surface area contributed by atoms with Crippen LogP contribution in [0.3, 0.4) is 0 Å². The molecule has 0 aliphatic carbocycles.